The van der Waals surface area contributed by atoms with E-state index in [9.17, 15) is 14.4 Å². The van der Waals surface area contributed by atoms with Crippen LogP contribution in [0.4, 0.5) is 0 Å². The van der Waals surface area contributed by atoms with E-state index in [1.807, 2.05) is 24.3 Å². The Bertz CT molecular complexity index is 650. The Morgan fingerprint density at radius 3 is 2.32 bits per heavy atom. The molecule has 1 N–H and O–H groups in total. The zero-order chi connectivity index (χ0) is 16.5. The van der Waals surface area contributed by atoms with Crippen LogP contribution in [0.5, 0.6) is 0 Å². The Hall–Kier alpha value is -2.43. The molecule has 22 heavy (non-hydrogen) atoms. The van der Waals surface area contributed by atoms with Crippen LogP contribution in [0.1, 0.15) is 38.3 Å². The van der Waals surface area contributed by atoms with Gasteiger partial charge in [-0.25, -0.2) is 0 Å². The molecule has 0 aliphatic carbocycles. The van der Waals surface area contributed by atoms with Crippen LogP contribution < -0.4 is 0 Å². The van der Waals surface area contributed by atoms with Gasteiger partial charge in [-0.05, 0) is 22.6 Å². The van der Waals surface area contributed by atoms with Gasteiger partial charge in [0.05, 0.1) is 6.42 Å². The summed E-state index contributed by atoms with van der Waals surface area (Å²) in [6.07, 6.45) is 1.60. The van der Waals surface area contributed by atoms with Crippen molar-refractivity contribution in [3.63, 3.8) is 0 Å². The van der Waals surface area contributed by atoms with Crippen molar-refractivity contribution in [3.05, 3.63) is 41.0 Å². The number of likely N-dealkylation sites (tertiary alicyclic amines) is 1. The fourth-order valence-corrected chi connectivity index (χ4v) is 2.31. The normalized spacial score (nSPS) is 17.4. The summed E-state index contributed by atoms with van der Waals surface area (Å²) < 4.78 is 0. The van der Waals surface area contributed by atoms with Crippen LogP contribution in [-0.4, -0.2) is 34.3 Å². The van der Waals surface area contributed by atoms with Gasteiger partial charge in [-0.2, -0.15) is 0 Å². The lowest BCUT2D eigenvalue weighted by Crippen LogP contribution is -2.34. The van der Waals surface area contributed by atoms with Crippen LogP contribution >= 0.6 is 0 Å². The zero-order valence-corrected chi connectivity index (χ0v) is 12.9. The Morgan fingerprint density at radius 2 is 1.82 bits per heavy atom. The van der Waals surface area contributed by atoms with Gasteiger partial charge in [0.1, 0.15) is 6.54 Å². The molecule has 0 bridgehead atoms. The summed E-state index contributed by atoms with van der Waals surface area (Å²) >= 11 is 0. The maximum Gasteiger partial charge on any atom is 0.323 e. The summed E-state index contributed by atoms with van der Waals surface area (Å²) in [7, 11) is 0. The van der Waals surface area contributed by atoms with Crippen molar-refractivity contribution in [2.24, 2.45) is 0 Å². The first kappa shape index (κ1) is 15.9. The van der Waals surface area contributed by atoms with Gasteiger partial charge in [0, 0.05) is 5.57 Å². The van der Waals surface area contributed by atoms with Crippen molar-refractivity contribution in [3.8, 4) is 0 Å². The van der Waals surface area contributed by atoms with Crippen LogP contribution in [-0.2, 0) is 19.8 Å². The SMILES string of the molecule is CC(C)(C)c1ccc(/C=C2\CC(=O)N(CC(=O)O)C2=O)cc1. The Labute approximate surface area is 129 Å². The van der Waals surface area contributed by atoms with Gasteiger partial charge in [-0.15, -0.1) is 0 Å². The topological polar surface area (TPSA) is 74.7 Å². The third-order valence-electron chi connectivity index (χ3n) is 3.57. The summed E-state index contributed by atoms with van der Waals surface area (Å²) in [4.78, 5) is 35.2. The summed E-state index contributed by atoms with van der Waals surface area (Å²) in [6.45, 7) is 5.76. The quantitative estimate of drug-likeness (QED) is 0.686. The fraction of sp³-hybridized carbons (Fsp3) is 0.353. The highest BCUT2D eigenvalue weighted by atomic mass is 16.4. The maximum atomic E-state index is 12.1. The third-order valence-corrected chi connectivity index (χ3v) is 3.57. The molecular formula is C17H19NO4. The first-order valence-electron chi connectivity index (χ1n) is 7.06. The van der Waals surface area contributed by atoms with E-state index in [1.165, 1.54) is 5.56 Å². The Balaban J connectivity index is 2.22. The summed E-state index contributed by atoms with van der Waals surface area (Å²) in [5.41, 5.74) is 2.37. The number of benzene rings is 1. The van der Waals surface area contributed by atoms with Gasteiger partial charge in [-0.3, -0.25) is 19.3 Å². The molecule has 0 atom stereocenters. The molecule has 0 unspecified atom stereocenters. The predicted molar refractivity (Wildman–Crippen MR) is 82.1 cm³/mol. The molecule has 5 heteroatoms. The van der Waals surface area contributed by atoms with Gasteiger partial charge >= 0.3 is 5.97 Å². The highest BCUT2D eigenvalue weighted by Gasteiger charge is 2.34. The molecule has 1 aliphatic rings. The Kier molecular flexibility index (Phi) is 4.17. The monoisotopic (exact) mass is 301 g/mol. The van der Waals surface area contributed by atoms with Crippen molar-refractivity contribution < 1.29 is 19.5 Å². The molecule has 0 aromatic heterocycles. The summed E-state index contributed by atoms with van der Waals surface area (Å²) in [5, 5.41) is 8.73. The fourth-order valence-electron chi connectivity index (χ4n) is 2.31. The number of carboxylic acid groups (broad SMARTS) is 1. The van der Waals surface area contributed by atoms with Crippen molar-refractivity contribution >= 4 is 23.9 Å². The van der Waals surface area contributed by atoms with Gasteiger partial charge in [0.25, 0.3) is 5.91 Å². The number of amides is 2. The molecule has 1 aliphatic heterocycles. The number of carbonyl (C=O) groups is 3. The van der Waals surface area contributed by atoms with Crippen LogP contribution in [0.3, 0.4) is 0 Å². The van der Waals surface area contributed by atoms with Crippen molar-refractivity contribution in [2.75, 3.05) is 6.54 Å². The second kappa shape index (κ2) is 5.75. The standard InChI is InChI=1S/C17H19NO4/c1-17(2,3)13-6-4-11(5-7-13)8-12-9-14(19)18(16(12)22)10-15(20)21/h4-8H,9-10H2,1-3H3,(H,20,21)/b12-8+. The van der Waals surface area contributed by atoms with Gasteiger partial charge < -0.3 is 5.11 Å². The highest BCUT2D eigenvalue weighted by Crippen LogP contribution is 2.25. The van der Waals surface area contributed by atoms with E-state index >= 15 is 0 Å². The molecule has 1 fully saturated rings. The zero-order valence-electron chi connectivity index (χ0n) is 12.9. The van der Waals surface area contributed by atoms with E-state index in [0.717, 1.165) is 10.5 Å². The van der Waals surface area contributed by atoms with Gasteiger partial charge in [0.2, 0.25) is 5.91 Å². The van der Waals surface area contributed by atoms with Crippen molar-refractivity contribution in [1.82, 2.24) is 4.90 Å². The molecule has 0 spiro atoms. The van der Waals surface area contributed by atoms with E-state index in [2.05, 4.69) is 20.8 Å². The average Bonchev–Trinajstić information content (AvgIpc) is 2.66. The number of carbonyl (C=O) groups excluding carboxylic acids is 2. The molecule has 0 saturated carbocycles. The summed E-state index contributed by atoms with van der Waals surface area (Å²) in [5.74, 6) is -2.19. The molecule has 116 valence electrons. The molecule has 1 aromatic carbocycles. The predicted octanol–water partition coefficient (Wildman–Crippen LogP) is 2.21. The molecule has 0 radical (unpaired) electrons. The number of nitrogens with zero attached hydrogens (tertiary/aromatic N) is 1. The number of imide groups is 1. The van der Waals surface area contributed by atoms with Crippen LogP contribution in [0.15, 0.2) is 29.8 Å². The number of aliphatic carboxylic acids is 1. The largest absolute Gasteiger partial charge is 0.480 e. The molecule has 1 saturated heterocycles. The van der Waals surface area contributed by atoms with Crippen LogP contribution in [0.25, 0.3) is 6.08 Å². The highest BCUT2D eigenvalue weighted by molar-refractivity contribution is 6.16. The van der Waals surface area contributed by atoms with Gasteiger partial charge in [-0.1, -0.05) is 45.0 Å². The smallest absolute Gasteiger partial charge is 0.323 e. The third kappa shape index (κ3) is 3.42. The molecule has 1 heterocycles. The first-order chi connectivity index (χ1) is 10.2. The van der Waals surface area contributed by atoms with Crippen molar-refractivity contribution in [2.45, 2.75) is 32.6 Å². The molecule has 2 rings (SSSR count). The minimum absolute atomic E-state index is 0.0447. The minimum Gasteiger partial charge on any atom is -0.480 e. The second-order valence-corrected chi connectivity index (χ2v) is 6.40. The average molecular weight is 301 g/mol. The molecule has 5 nitrogen and oxygen atoms in total. The second-order valence-electron chi connectivity index (χ2n) is 6.40. The Morgan fingerprint density at radius 1 is 1.23 bits per heavy atom. The van der Waals surface area contributed by atoms with E-state index in [4.69, 9.17) is 5.11 Å². The van der Waals surface area contributed by atoms with E-state index < -0.39 is 24.3 Å². The van der Waals surface area contributed by atoms with Gasteiger partial charge in [0.15, 0.2) is 0 Å². The first-order valence-corrected chi connectivity index (χ1v) is 7.06. The van der Waals surface area contributed by atoms with Crippen LogP contribution in [0, 0.1) is 0 Å². The number of hydrogen-bond donors (Lipinski definition) is 1. The molecule has 1 aromatic rings. The maximum absolute atomic E-state index is 12.1. The van der Waals surface area contributed by atoms with E-state index in [1.54, 1.807) is 6.08 Å². The van der Waals surface area contributed by atoms with Crippen LogP contribution in [0.2, 0.25) is 0 Å². The molecular weight excluding hydrogens is 282 g/mol. The lowest BCUT2D eigenvalue weighted by molar-refractivity contribution is -0.148. The molecule has 2 amide bonds. The lowest BCUT2D eigenvalue weighted by atomic mass is 9.86. The number of rotatable bonds is 3. The minimum atomic E-state index is -1.20. The number of carboxylic acids is 1. The van der Waals surface area contributed by atoms with Crippen molar-refractivity contribution in [1.29, 1.82) is 0 Å². The van der Waals surface area contributed by atoms with E-state index in [-0.39, 0.29) is 11.8 Å². The van der Waals surface area contributed by atoms with E-state index in [0.29, 0.717) is 5.57 Å². The number of hydrogen-bond acceptors (Lipinski definition) is 3. The summed E-state index contributed by atoms with van der Waals surface area (Å²) in [6, 6.07) is 7.77. The lowest BCUT2D eigenvalue weighted by Gasteiger charge is -2.18.